The first-order chi connectivity index (χ1) is 8.33. The molecule has 1 saturated carbocycles. The van der Waals surface area contributed by atoms with Gasteiger partial charge in [0.1, 0.15) is 6.07 Å². The van der Waals surface area contributed by atoms with Crippen molar-refractivity contribution < 1.29 is 5.11 Å². The van der Waals surface area contributed by atoms with Crippen molar-refractivity contribution in [1.82, 2.24) is 4.98 Å². The van der Waals surface area contributed by atoms with E-state index in [2.05, 4.69) is 16.4 Å². The Morgan fingerprint density at radius 3 is 2.82 bits per heavy atom. The highest BCUT2D eigenvalue weighted by molar-refractivity contribution is 5.55. The zero-order valence-electron chi connectivity index (χ0n) is 9.76. The van der Waals surface area contributed by atoms with E-state index in [9.17, 15) is 0 Å². The molecule has 4 nitrogen and oxygen atoms in total. The van der Waals surface area contributed by atoms with Gasteiger partial charge in [-0.2, -0.15) is 5.26 Å². The molecule has 1 aliphatic carbocycles. The van der Waals surface area contributed by atoms with Crippen LogP contribution in [0.3, 0.4) is 0 Å². The average Bonchev–Trinajstić information content (AvgIpc) is 2.40. The van der Waals surface area contributed by atoms with Gasteiger partial charge in [-0.25, -0.2) is 0 Å². The lowest BCUT2D eigenvalue weighted by molar-refractivity contribution is 0.186. The van der Waals surface area contributed by atoms with Crippen molar-refractivity contribution in [3.05, 3.63) is 24.0 Å². The van der Waals surface area contributed by atoms with Crippen molar-refractivity contribution >= 4 is 5.69 Å². The second kappa shape index (κ2) is 5.65. The predicted octanol–water partition coefficient (Wildman–Crippen LogP) is 1.92. The molecule has 0 atom stereocenters. The Bertz CT molecular complexity index is 405. The molecule has 0 spiro atoms. The smallest absolute Gasteiger partial charge is 0.101 e. The third-order valence-electron chi connectivity index (χ3n) is 3.41. The molecule has 1 fully saturated rings. The summed E-state index contributed by atoms with van der Waals surface area (Å²) in [5, 5.41) is 21.4. The van der Waals surface area contributed by atoms with Crippen molar-refractivity contribution in [2.45, 2.75) is 31.7 Å². The maximum absolute atomic E-state index is 9.08. The maximum Gasteiger partial charge on any atom is 0.101 e. The number of aliphatic hydroxyl groups is 1. The van der Waals surface area contributed by atoms with Crippen LogP contribution in [0.15, 0.2) is 18.5 Å². The molecule has 4 heteroatoms. The van der Waals surface area contributed by atoms with Crippen LogP contribution in [0.1, 0.15) is 31.2 Å². The molecule has 0 bridgehead atoms. The van der Waals surface area contributed by atoms with E-state index in [1.54, 1.807) is 18.5 Å². The fourth-order valence-electron chi connectivity index (χ4n) is 2.32. The van der Waals surface area contributed by atoms with Gasteiger partial charge < -0.3 is 10.4 Å². The van der Waals surface area contributed by atoms with Gasteiger partial charge in [0.25, 0.3) is 0 Å². The van der Waals surface area contributed by atoms with Crippen LogP contribution < -0.4 is 5.32 Å². The number of pyridine rings is 1. The number of aliphatic hydroxyl groups excluding tert-OH is 1. The van der Waals surface area contributed by atoms with Gasteiger partial charge in [0, 0.05) is 18.8 Å². The first-order valence-corrected chi connectivity index (χ1v) is 6.05. The monoisotopic (exact) mass is 231 g/mol. The molecular weight excluding hydrogens is 214 g/mol. The van der Waals surface area contributed by atoms with Gasteiger partial charge in [0.05, 0.1) is 17.4 Å². The van der Waals surface area contributed by atoms with Crippen LogP contribution in [0.25, 0.3) is 0 Å². The van der Waals surface area contributed by atoms with Crippen molar-refractivity contribution in [3.8, 4) is 6.07 Å². The molecule has 1 aliphatic rings. The standard InChI is InChI=1S/C13H17N3O/c14-7-11-5-6-15-8-13(11)16-12-3-1-10(9-17)2-4-12/h5-6,8,10,12,16-17H,1-4,9H2. The Kier molecular flexibility index (Phi) is 3.94. The first-order valence-electron chi connectivity index (χ1n) is 6.05. The fraction of sp³-hybridized carbons (Fsp3) is 0.538. The lowest BCUT2D eigenvalue weighted by Crippen LogP contribution is -2.27. The highest BCUT2D eigenvalue weighted by Gasteiger charge is 2.20. The minimum absolute atomic E-state index is 0.295. The van der Waals surface area contributed by atoms with Crippen molar-refractivity contribution in [3.63, 3.8) is 0 Å². The van der Waals surface area contributed by atoms with Gasteiger partial charge in [0.2, 0.25) is 0 Å². The van der Waals surface area contributed by atoms with Gasteiger partial charge in [-0.3, -0.25) is 4.98 Å². The minimum Gasteiger partial charge on any atom is -0.396 e. The predicted molar refractivity (Wildman–Crippen MR) is 65.4 cm³/mol. The highest BCUT2D eigenvalue weighted by atomic mass is 16.3. The number of nitrogens with one attached hydrogen (secondary N) is 1. The van der Waals surface area contributed by atoms with E-state index in [0.29, 0.717) is 24.1 Å². The summed E-state index contributed by atoms with van der Waals surface area (Å²) < 4.78 is 0. The number of aromatic nitrogens is 1. The van der Waals surface area contributed by atoms with E-state index in [0.717, 1.165) is 31.4 Å². The van der Waals surface area contributed by atoms with Crippen LogP contribution in [0.4, 0.5) is 5.69 Å². The molecule has 1 aromatic heterocycles. The molecule has 17 heavy (non-hydrogen) atoms. The Morgan fingerprint density at radius 1 is 1.41 bits per heavy atom. The number of hydrogen-bond donors (Lipinski definition) is 2. The Hall–Kier alpha value is -1.60. The summed E-state index contributed by atoms with van der Waals surface area (Å²) in [5.41, 5.74) is 1.46. The molecule has 1 heterocycles. The third-order valence-corrected chi connectivity index (χ3v) is 3.41. The topological polar surface area (TPSA) is 68.9 Å². The molecule has 2 N–H and O–H groups in total. The number of rotatable bonds is 3. The third kappa shape index (κ3) is 2.95. The largest absolute Gasteiger partial charge is 0.396 e. The van der Waals surface area contributed by atoms with Crippen LogP contribution in [-0.4, -0.2) is 22.7 Å². The van der Waals surface area contributed by atoms with Crippen molar-refractivity contribution in [2.75, 3.05) is 11.9 Å². The summed E-state index contributed by atoms with van der Waals surface area (Å²) in [5.74, 6) is 0.456. The minimum atomic E-state index is 0.295. The van der Waals surface area contributed by atoms with Crippen LogP contribution in [0.2, 0.25) is 0 Å². The summed E-state index contributed by atoms with van der Waals surface area (Å²) >= 11 is 0. The second-order valence-electron chi connectivity index (χ2n) is 4.58. The summed E-state index contributed by atoms with van der Waals surface area (Å²) in [7, 11) is 0. The van der Waals surface area contributed by atoms with Crippen LogP contribution in [-0.2, 0) is 0 Å². The number of nitriles is 1. The van der Waals surface area contributed by atoms with Crippen LogP contribution >= 0.6 is 0 Å². The molecule has 0 aliphatic heterocycles. The first kappa shape index (κ1) is 11.9. The second-order valence-corrected chi connectivity index (χ2v) is 4.58. The van der Waals surface area contributed by atoms with E-state index >= 15 is 0 Å². The maximum atomic E-state index is 9.08. The highest BCUT2D eigenvalue weighted by Crippen LogP contribution is 2.26. The molecule has 0 saturated heterocycles. The van der Waals surface area contributed by atoms with E-state index in [-0.39, 0.29) is 0 Å². The summed E-state index contributed by atoms with van der Waals surface area (Å²) in [4.78, 5) is 4.04. The molecule has 2 rings (SSSR count). The molecule has 90 valence electrons. The molecule has 0 radical (unpaired) electrons. The lowest BCUT2D eigenvalue weighted by atomic mass is 9.86. The number of nitrogens with zero attached hydrogens (tertiary/aromatic N) is 2. The van der Waals surface area contributed by atoms with E-state index in [1.807, 2.05) is 0 Å². The molecule has 0 unspecified atom stereocenters. The Morgan fingerprint density at radius 2 is 2.18 bits per heavy atom. The average molecular weight is 231 g/mol. The SMILES string of the molecule is N#Cc1ccncc1NC1CCC(CO)CC1. The summed E-state index contributed by atoms with van der Waals surface area (Å²) in [6.45, 7) is 0.295. The molecule has 0 amide bonds. The summed E-state index contributed by atoms with van der Waals surface area (Å²) in [6, 6.07) is 4.28. The Balaban J connectivity index is 1.96. The zero-order chi connectivity index (χ0) is 12.1. The molecule has 0 aromatic carbocycles. The van der Waals surface area contributed by atoms with Gasteiger partial charge in [-0.1, -0.05) is 0 Å². The number of anilines is 1. The van der Waals surface area contributed by atoms with Crippen molar-refractivity contribution in [1.29, 1.82) is 5.26 Å². The summed E-state index contributed by atoms with van der Waals surface area (Å²) in [6.07, 6.45) is 7.53. The van der Waals surface area contributed by atoms with Gasteiger partial charge in [-0.15, -0.1) is 0 Å². The van der Waals surface area contributed by atoms with E-state index < -0.39 is 0 Å². The zero-order valence-corrected chi connectivity index (χ0v) is 9.76. The normalized spacial score (nSPS) is 24.0. The van der Waals surface area contributed by atoms with Gasteiger partial charge in [0.15, 0.2) is 0 Å². The number of hydrogen-bond acceptors (Lipinski definition) is 4. The van der Waals surface area contributed by atoms with Crippen molar-refractivity contribution in [2.24, 2.45) is 5.92 Å². The quantitative estimate of drug-likeness (QED) is 0.833. The molecule has 1 aromatic rings. The van der Waals surface area contributed by atoms with Crippen LogP contribution in [0, 0.1) is 17.2 Å². The van der Waals surface area contributed by atoms with Gasteiger partial charge >= 0.3 is 0 Å². The van der Waals surface area contributed by atoms with E-state index in [1.165, 1.54) is 0 Å². The fourth-order valence-corrected chi connectivity index (χ4v) is 2.32. The molecular formula is C13H17N3O. The lowest BCUT2D eigenvalue weighted by Gasteiger charge is -2.28. The Labute approximate surface area is 101 Å². The van der Waals surface area contributed by atoms with E-state index in [4.69, 9.17) is 10.4 Å². The van der Waals surface area contributed by atoms with Crippen LogP contribution in [0.5, 0.6) is 0 Å². The van der Waals surface area contributed by atoms with Gasteiger partial charge in [-0.05, 0) is 37.7 Å².